The molecular weight excluding hydrogens is 213 g/mol. The molecule has 0 spiro atoms. The van der Waals surface area contributed by atoms with Crippen molar-refractivity contribution in [3.8, 4) is 0 Å². The summed E-state index contributed by atoms with van der Waals surface area (Å²) in [4.78, 5) is 0. The zero-order chi connectivity index (χ0) is 12.3. The molecule has 0 aromatic heterocycles. The lowest BCUT2D eigenvalue weighted by Crippen LogP contribution is -2.09. The average Bonchev–Trinajstić information content (AvgIpc) is 2.27. The van der Waals surface area contributed by atoms with E-state index in [1.807, 2.05) is 0 Å². The van der Waals surface area contributed by atoms with Crippen LogP contribution in [0.4, 0.5) is 10.1 Å². The van der Waals surface area contributed by atoms with Crippen LogP contribution in [-0.4, -0.2) is 6.54 Å². The van der Waals surface area contributed by atoms with Gasteiger partial charge in [0.1, 0.15) is 5.82 Å². The van der Waals surface area contributed by atoms with Crippen LogP contribution in [0.3, 0.4) is 0 Å². The summed E-state index contributed by atoms with van der Waals surface area (Å²) in [6.45, 7) is 5.07. The molecule has 1 nitrogen and oxygen atoms in total. The number of rotatable bonds is 3. The van der Waals surface area contributed by atoms with Crippen molar-refractivity contribution >= 4 is 5.69 Å². The van der Waals surface area contributed by atoms with Crippen LogP contribution in [0.15, 0.2) is 47.6 Å². The Balaban J connectivity index is 1.96. The minimum absolute atomic E-state index is 0.202. The molecule has 0 fully saturated rings. The highest BCUT2D eigenvalue weighted by Gasteiger charge is 2.08. The molecular formula is C15H17FN. The minimum atomic E-state index is -0.202. The summed E-state index contributed by atoms with van der Waals surface area (Å²) in [5.74, 6) is 0.288. The highest BCUT2D eigenvalue weighted by molar-refractivity contribution is 5.46. The van der Waals surface area contributed by atoms with Gasteiger partial charge in [-0.05, 0) is 49.1 Å². The normalized spacial score (nSPS) is 19.6. The summed E-state index contributed by atoms with van der Waals surface area (Å²) in [7, 11) is 0. The maximum atomic E-state index is 12.7. The van der Waals surface area contributed by atoms with E-state index in [-0.39, 0.29) is 5.82 Å². The molecule has 0 saturated heterocycles. The van der Waals surface area contributed by atoms with Gasteiger partial charge in [0.25, 0.3) is 0 Å². The lowest BCUT2D eigenvalue weighted by molar-refractivity contribution is 0.628. The molecule has 1 N–H and O–H groups in total. The smallest absolute Gasteiger partial charge is 0.123 e. The summed E-state index contributed by atoms with van der Waals surface area (Å²) >= 11 is 0. The largest absolute Gasteiger partial charge is 0.381 e. The third kappa shape index (κ3) is 3.45. The molecule has 0 saturated carbocycles. The van der Waals surface area contributed by atoms with Gasteiger partial charge in [0.15, 0.2) is 0 Å². The number of benzene rings is 1. The third-order valence-electron chi connectivity index (χ3n) is 2.76. The minimum Gasteiger partial charge on any atom is -0.381 e. The molecule has 1 aromatic rings. The second kappa shape index (κ2) is 5.17. The Morgan fingerprint density at radius 2 is 1.94 bits per heavy atom. The predicted molar refractivity (Wildman–Crippen MR) is 70.2 cm³/mol. The molecule has 2 rings (SSSR count). The fourth-order valence-electron chi connectivity index (χ4n) is 2.07. The van der Waals surface area contributed by atoms with Crippen LogP contribution in [0.2, 0.25) is 0 Å². The van der Waals surface area contributed by atoms with Crippen LogP contribution in [0, 0.1) is 18.2 Å². The van der Waals surface area contributed by atoms with E-state index in [2.05, 4.69) is 37.7 Å². The fourth-order valence-corrected chi connectivity index (χ4v) is 2.07. The van der Waals surface area contributed by atoms with E-state index < -0.39 is 0 Å². The van der Waals surface area contributed by atoms with E-state index in [0.29, 0.717) is 5.92 Å². The molecule has 0 heterocycles. The molecule has 0 bridgehead atoms. The first-order chi connectivity index (χ1) is 8.13. The molecule has 1 atom stereocenters. The van der Waals surface area contributed by atoms with Crippen LogP contribution in [0.25, 0.3) is 0 Å². The number of allylic oxidation sites excluding steroid dienone is 2. The molecule has 1 unspecified atom stereocenters. The Morgan fingerprint density at radius 1 is 1.24 bits per heavy atom. The molecule has 89 valence electrons. The topological polar surface area (TPSA) is 12.0 Å². The Bertz CT molecular complexity index is 442. The van der Waals surface area contributed by atoms with E-state index in [1.165, 1.54) is 23.3 Å². The highest BCUT2D eigenvalue weighted by atomic mass is 19.1. The quantitative estimate of drug-likeness (QED) is 0.828. The van der Waals surface area contributed by atoms with Gasteiger partial charge < -0.3 is 5.32 Å². The van der Waals surface area contributed by atoms with Crippen LogP contribution in [0.1, 0.15) is 13.8 Å². The van der Waals surface area contributed by atoms with Gasteiger partial charge >= 0.3 is 0 Å². The molecule has 0 amide bonds. The molecule has 17 heavy (non-hydrogen) atoms. The maximum absolute atomic E-state index is 12.7. The molecule has 2 heteroatoms. The average molecular weight is 230 g/mol. The van der Waals surface area contributed by atoms with Crippen LogP contribution in [-0.2, 0) is 0 Å². The van der Waals surface area contributed by atoms with Crippen molar-refractivity contribution in [3.05, 3.63) is 59.8 Å². The number of hydrogen-bond acceptors (Lipinski definition) is 1. The van der Waals surface area contributed by atoms with E-state index in [1.54, 1.807) is 12.1 Å². The highest BCUT2D eigenvalue weighted by Crippen LogP contribution is 2.21. The van der Waals surface area contributed by atoms with Crippen molar-refractivity contribution in [2.24, 2.45) is 5.92 Å². The maximum Gasteiger partial charge on any atom is 0.123 e. The SMILES string of the molecule is CC1=CC(CNc2ccc(F)cc2)=CC(C)[CH]1. The van der Waals surface area contributed by atoms with Gasteiger partial charge in [0.2, 0.25) is 0 Å². The Morgan fingerprint density at radius 3 is 2.59 bits per heavy atom. The fraction of sp³-hybridized carbons (Fsp3) is 0.267. The molecule has 1 aromatic carbocycles. The van der Waals surface area contributed by atoms with Gasteiger partial charge in [-0.1, -0.05) is 24.6 Å². The van der Waals surface area contributed by atoms with Gasteiger partial charge in [-0.2, -0.15) is 0 Å². The second-order valence-corrected chi connectivity index (χ2v) is 4.52. The van der Waals surface area contributed by atoms with Crippen LogP contribution < -0.4 is 5.32 Å². The van der Waals surface area contributed by atoms with Crippen molar-refractivity contribution in [2.45, 2.75) is 13.8 Å². The molecule has 1 aliphatic rings. The van der Waals surface area contributed by atoms with Gasteiger partial charge in [-0.3, -0.25) is 0 Å². The lowest BCUT2D eigenvalue weighted by atomic mass is 9.92. The zero-order valence-corrected chi connectivity index (χ0v) is 10.2. The summed E-state index contributed by atoms with van der Waals surface area (Å²) in [5, 5.41) is 3.29. The van der Waals surface area contributed by atoms with Gasteiger partial charge in [0.05, 0.1) is 0 Å². The summed E-state index contributed by atoms with van der Waals surface area (Å²) < 4.78 is 12.7. The van der Waals surface area contributed by atoms with Crippen LogP contribution in [0.5, 0.6) is 0 Å². The first kappa shape index (κ1) is 11.9. The van der Waals surface area contributed by atoms with Crippen molar-refractivity contribution in [3.63, 3.8) is 0 Å². The second-order valence-electron chi connectivity index (χ2n) is 4.52. The monoisotopic (exact) mass is 230 g/mol. The zero-order valence-electron chi connectivity index (χ0n) is 10.2. The van der Waals surface area contributed by atoms with Crippen molar-refractivity contribution < 1.29 is 4.39 Å². The Hall–Kier alpha value is -1.57. The van der Waals surface area contributed by atoms with E-state index in [9.17, 15) is 4.39 Å². The number of hydrogen-bond donors (Lipinski definition) is 1. The first-order valence-corrected chi connectivity index (χ1v) is 5.87. The molecule has 0 aliphatic heterocycles. The van der Waals surface area contributed by atoms with Crippen molar-refractivity contribution in [1.82, 2.24) is 0 Å². The molecule has 1 radical (unpaired) electrons. The van der Waals surface area contributed by atoms with Crippen LogP contribution >= 0.6 is 0 Å². The van der Waals surface area contributed by atoms with Gasteiger partial charge in [-0.25, -0.2) is 4.39 Å². The van der Waals surface area contributed by atoms with Crippen molar-refractivity contribution in [2.75, 3.05) is 11.9 Å². The van der Waals surface area contributed by atoms with Crippen molar-refractivity contribution in [1.29, 1.82) is 0 Å². The summed E-state index contributed by atoms with van der Waals surface area (Å²) in [6, 6.07) is 6.44. The standard InChI is InChI=1S/C15H17FN/c1-11-7-12(2)9-13(8-11)10-17-15-5-3-14(16)4-6-15/h3-9,11,17H,10H2,1-2H3. The number of nitrogens with one attached hydrogen (secondary N) is 1. The van der Waals surface area contributed by atoms with E-state index in [4.69, 9.17) is 0 Å². The lowest BCUT2D eigenvalue weighted by Gasteiger charge is -2.17. The number of halogens is 1. The predicted octanol–water partition coefficient (Wildman–Crippen LogP) is 3.96. The first-order valence-electron chi connectivity index (χ1n) is 5.87. The number of anilines is 1. The summed E-state index contributed by atoms with van der Waals surface area (Å²) in [5.41, 5.74) is 3.53. The Labute approximate surface area is 102 Å². The van der Waals surface area contributed by atoms with E-state index >= 15 is 0 Å². The summed E-state index contributed by atoms with van der Waals surface area (Å²) in [6.07, 6.45) is 6.65. The molecule has 1 aliphatic carbocycles. The van der Waals surface area contributed by atoms with Gasteiger partial charge in [0, 0.05) is 12.2 Å². The Kier molecular flexibility index (Phi) is 3.62. The van der Waals surface area contributed by atoms with E-state index in [0.717, 1.165) is 12.2 Å². The van der Waals surface area contributed by atoms with Gasteiger partial charge in [-0.15, -0.1) is 0 Å². The third-order valence-corrected chi connectivity index (χ3v) is 2.76.